The number of aromatic nitrogens is 2. The molecule has 3 aromatic rings. The molecule has 9 heteroatoms. The quantitative estimate of drug-likeness (QED) is 0.474. The van der Waals surface area contributed by atoms with Crippen LogP contribution in [-0.4, -0.2) is 30.8 Å². The van der Waals surface area contributed by atoms with Gasteiger partial charge in [0.15, 0.2) is 0 Å². The molecule has 0 aliphatic heterocycles. The Bertz CT molecular complexity index is 1090. The first-order chi connectivity index (χ1) is 14.8. The van der Waals surface area contributed by atoms with Crippen LogP contribution in [0.15, 0.2) is 71.8 Å². The minimum atomic E-state index is -3.64. The van der Waals surface area contributed by atoms with Crippen molar-refractivity contribution in [3.63, 3.8) is 0 Å². The molecule has 3 N–H and O–H groups in total. The third-order valence-electron chi connectivity index (χ3n) is 4.59. The van der Waals surface area contributed by atoms with E-state index in [0.29, 0.717) is 24.7 Å². The molecule has 3 rings (SSSR count). The molecule has 31 heavy (non-hydrogen) atoms. The van der Waals surface area contributed by atoms with Crippen molar-refractivity contribution in [1.29, 1.82) is 0 Å². The van der Waals surface area contributed by atoms with Gasteiger partial charge in [-0.15, -0.1) is 0 Å². The van der Waals surface area contributed by atoms with E-state index in [1.807, 2.05) is 47.3 Å². The minimum absolute atomic E-state index is 0.134. The van der Waals surface area contributed by atoms with Crippen molar-refractivity contribution in [2.75, 3.05) is 11.9 Å². The van der Waals surface area contributed by atoms with Gasteiger partial charge in [-0.25, -0.2) is 17.9 Å². The number of sulfonamides is 1. The van der Waals surface area contributed by atoms with Gasteiger partial charge >= 0.3 is 6.03 Å². The number of rotatable bonds is 9. The van der Waals surface area contributed by atoms with Crippen molar-refractivity contribution in [2.45, 2.75) is 37.8 Å². The Hall–Kier alpha value is -3.17. The molecule has 0 saturated heterocycles. The van der Waals surface area contributed by atoms with Crippen molar-refractivity contribution in [3.05, 3.63) is 78.1 Å². The summed E-state index contributed by atoms with van der Waals surface area (Å²) in [6.07, 6.45) is 2.54. The molecular formula is C22H27N5O3S. The van der Waals surface area contributed by atoms with Gasteiger partial charge in [0.25, 0.3) is 0 Å². The summed E-state index contributed by atoms with van der Waals surface area (Å²) in [5.41, 5.74) is 2.28. The van der Waals surface area contributed by atoms with E-state index in [-0.39, 0.29) is 17.5 Å². The summed E-state index contributed by atoms with van der Waals surface area (Å²) < 4.78 is 29.3. The molecule has 1 heterocycles. The first-order valence-electron chi connectivity index (χ1n) is 10.1. The van der Waals surface area contributed by atoms with Crippen LogP contribution >= 0.6 is 0 Å². The Morgan fingerprint density at radius 3 is 2.39 bits per heavy atom. The van der Waals surface area contributed by atoms with Crippen LogP contribution in [0.4, 0.5) is 10.5 Å². The standard InChI is InChI=1S/C22H27N5O3S/c1-17(2)27-15-13-20(26-27)12-14-23-22(28)25-19-8-10-21(11-9-19)31(29,30)24-16-18-6-4-3-5-7-18/h3-11,13,15,17,24H,12,14,16H2,1-2H3,(H2,23,25,28). The Labute approximate surface area is 182 Å². The zero-order valence-electron chi connectivity index (χ0n) is 17.6. The van der Waals surface area contributed by atoms with Crippen LogP contribution in [0.3, 0.4) is 0 Å². The zero-order chi connectivity index (χ0) is 22.3. The highest BCUT2D eigenvalue weighted by Gasteiger charge is 2.14. The van der Waals surface area contributed by atoms with Gasteiger partial charge < -0.3 is 10.6 Å². The van der Waals surface area contributed by atoms with E-state index in [1.54, 1.807) is 12.1 Å². The predicted molar refractivity (Wildman–Crippen MR) is 120 cm³/mol. The number of nitrogens with zero attached hydrogens (tertiary/aromatic N) is 2. The average molecular weight is 442 g/mol. The number of urea groups is 1. The molecule has 0 unspecified atom stereocenters. The van der Waals surface area contributed by atoms with Gasteiger partial charge in [0.1, 0.15) is 0 Å². The first-order valence-corrected chi connectivity index (χ1v) is 11.5. The zero-order valence-corrected chi connectivity index (χ0v) is 18.4. The molecule has 0 fully saturated rings. The highest BCUT2D eigenvalue weighted by molar-refractivity contribution is 7.89. The molecule has 0 aliphatic carbocycles. The molecule has 0 saturated carbocycles. The lowest BCUT2D eigenvalue weighted by molar-refractivity contribution is 0.252. The summed E-state index contributed by atoms with van der Waals surface area (Å²) in [4.78, 5) is 12.2. The molecule has 8 nitrogen and oxygen atoms in total. The van der Waals surface area contributed by atoms with Crippen LogP contribution in [0.25, 0.3) is 0 Å². The third-order valence-corrected chi connectivity index (χ3v) is 6.01. The maximum atomic E-state index is 12.4. The van der Waals surface area contributed by atoms with Crippen LogP contribution in [0.1, 0.15) is 31.1 Å². The summed E-state index contributed by atoms with van der Waals surface area (Å²) in [5, 5.41) is 9.91. The first kappa shape index (κ1) is 22.5. The van der Waals surface area contributed by atoms with E-state index in [2.05, 4.69) is 34.3 Å². The lowest BCUT2D eigenvalue weighted by Crippen LogP contribution is -2.30. The fraction of sp³-hybridized carbons (Fsp3) is 0.273. The molecule has 0 bridgehead atoms. The Balaban J connectivity index is 1.47. The van der Waals surface area contributed by atoms with Crippen LogP contribution < -0.4 is 15.4 Å². The van der Waals surface area contributed by atoms with Crippen LogP contribution in [-0.2, 0) is 23.0 Å². The lowest BCUT2D eigenvalue weighted by Gasteiger charge is -2.09. The molecule has 0 aliphatic rings. The van der Waals surface area contributed by atoms with Crippen LogP contribution in [0.5, 0.6) is 0 Å². The molecule has 0 atom stereocenters. The van der Waals surface area contributed by atoms with E-state index in [4.69, 9.17) is 0 Å². The summed E-state index contributed by atoms with van der Waals surface area (Å²) in [6.45, 7) is 4.76. The molecule has 2 aromatic carbocycles. The second-order valence-electron chi connectivity index (χ2n) is 7.35. The summed E-state index contributed by atoms with van der Waals surface area (Å²) in [6, 6.07) is 17.2. The summed E-state index contributed by atoms with van der Waals surface area (Å²) >= 11 is 0. The van der Waals surface area contributed by atoms with E-state index in [1.165, 1.54) is 12.1 Å². The van der Waals surface area contributed by atoms with E-state index in [9.17, 15) is 13.2 Å². The maximum Gasteiger partial charge on any atom is 0.319 e. The van der Waals surface area contributed by atoms with Crippen molar-refractivity contribution >= 4 is 21.7 Å². The third kappa shape index (κ3) is 6.66. The van der Waals surface area contributed by atoms with Crippen LogP contribution in [0, 0.1) is 0 Å². The number of nitrogens with one attached hydrogen (secondary N) is 3. The number of hydrogen-bond acceptors (Lipinski definition) is 4. The number of carbonyl (C=O) groups excluding carboxylic acids is 1. The monoisotopic (exact) mass is 441 g/mol. The Morgan fingerprint density at radius 1 is 1.03 bits per heavy atom. The minimum Gasteiger partial charge on any atom is -0.337 e. The number of amides is 2. The predicted octanol–water partition coefficient (Wildman–Crippen LogP) is 3.31. The fourth-order valence-electron chi connectivity index (χ4n) is 2.85. The maximum absolute atomic E-state index is 12.4. The highest BCUT2D eigenvalue weighted by Crippen LogP contribution is 2.14. The molecule has 0 radical (unpaired) electrons. The summed E-state index contributed by atoms with van der Waals surface area (Å²) in [5.74, 6) is 0. The van der Waals surface area contributed by atoms with Gasteiger partial charge in [0.2, 0.25) is 10.0 Å². The number of carbonyl (C=O) groups is 1. The molecule has 164 valence electrons. The van der Waals surface area contributed by atoms with Crippen molar-refractivity contribution < 1.29 is 13.2 Å². The second-order valence-corrected chi connectivity index (χ2v) is 9.11. The van der Waals surface area contributed by atoms with Gasteiger partial charge in [-0.2, -0.15) is 5.10 Å². The van der Waals surface area contributed by atoms with Gasteiger partial charge in [-0.3, -0.25) is 4.68 Å². The average Bonchev–Trinajstić information content (AvgIpc) is 3.23. The topological polar surface area (TPSA) is 105 Å². The summed E-state index contributed by atoms with van der Waals surface area (Å²) in [7, 11) is -3.64. The smallest absolute Gasteiger partial charge is 0.319 e. The molecule has 2 amide bonds. The van der Waals surface area contributed by atoms with Gasteiger partial charge in [0, 0.05) is 37.4 Å². The van der Waals surface area contributed by atoms with Crippen molar-refractivity contribution in [1.82, 2.24) is 19.8 Å². The molecular weight excluding hydrogens is 414 g/mol. The lowest BCUT2D eigenvalue weighted by atomic mass is 10.2. The van der Waals surface area contributed by atoms with E-state index < -0.39 is 10.0 Å². The van der Waals surface area contributed by atoms with E-state index in [0.717, 1.165) is 11.3 Å². The van der Waals surface area contributed by atoms with Gasteiger partial charge in [0.05, 0.1) is 10.6 Å². The Morgan fingerprint density at radius 2 is 1.74 bits per heavy atom. The fourth-order valence-corrected chi connectivity index (χ4v) is 3.87. The normalized spacial score (nSPS) is 11.5. The van der Waals surface area contributed by atoms with Crippen molar-refractivity contribution in [3.8, 4) is 0 Å². The number of anilines is 1. The number of hydrogen-bond donors (Lipinski definition) is 3. The largest absolute Gasteiger partial charge is 0.337 e. The van der Waals surface area contributed by atoms with E-state index >= 15 is 0 Å². The van der Waals surface area contributed by atoms with Crippen LogP contribution in [0.2, 0.25) is 0 Å². The number of benzene rings is 2. The Kier molecular flexibility index (Phi) is 7.43. The second kappa shape index (κ2) is 10.2. The molecule has 1 aromatic heterocycles. The van der Waals surface area contributed by atoms with Gasteiger partial charge in [-0.1, -0.05) is 30.3 Å². The molecule has 0 spiro atoms. The van der Waals surface area contributed by atoms with Crippen molar-refractivity contribution in [2.24, 2.45) is 0 Å². The highest BCUT2D eigenvalue weighted by atomic mass is 32.2. The SMILES string of the molecule is CC(C)n1ccc(CCNC(=O)Nc2ccc(S(=O)(=O)NCc3ccccc3)cc2)n1. The van der Waals surface area contributed by atoms with Gasteiger partial charge in [-0.05, 0) is 49.7 Å².